The minimum absolute atomic E-state index is 0.0774. The highest BCUT2D eigenvalue weighted by atomic mass is 79.9. The predicted molar refractivity (Wildman–Crippen MR) is 76.5 cm³/mol. The van der Waals surface area contributed by atoms with Crippen LogP contribution in [0.1, 0.15) is 17.3 Å². The van der Waals surface area contributed by atoms with Gasteiger partial charge in [-0.2, -0.15) is 0 Å². The molecule has 6 heteroatoms. The number of hydrazine groups is 1. The molecule has 0 saturated carbocycles. The maximum Gasteiger partial charge on any atom is 0.119 e. The van der Waals surface area contributed by atoms with Crippen molar-refractivity contribution in [2.45, 2.75) is 12.5 Å². The Morgan fingerprint density at radius 3 is 2.89 bits per heavy atom. The largest absolute Gasteiger partial charge is 0.497 e. The fourth-order valence-electron chi connectivity index (χ4n) is 1.81. The number of nitrogens with two attached hydrogens (primary N) is 1. The van der Waals surface area contributed by atoms with Crippen LogP contribution >= 0.6 is 15.9 Å². The number of methoxy groups -OCH3 is 1. The number of hydrogen-bond donors (Lipinski definition) is 2. The maximum absolute atomic E-state index is 5.62. The first kappa shape index (κ1) is 13.9. The van der Waals surface area contributed by atoms with Crippen molar-refractivity contribution >= 4 is 15.9 Å². The Morgan fingerprint density at radius 1 is 1.42 bits per heavy atom. The number of halogens is 1. The van der Waals surface area contributed by atoms with Gasteiger partial charge in [0.2, 0.25) is 0 Å². The van der Waals surface area contributed by atoms with Crippen LogP contribution in [0.15, 0.2) is 41.3 Å². The second kappa shape index (κ2) is 6.60. The normalized spacial score (nSPS) is 12.2. The molecule has 0 bridgehead atoms. The third kappa shape index (κ3) is 3.50. The molecule has 2 aromatic rings. The monoisotopic (exact) mass is 322 g/mol. The molecule has 0 saturated heterocycles. The van der Waals surface area contributed by atoms with E-state index in [9.17, 15) is 0 Å². The zero-order valence-electron chi connectivity index (χ0n) is 10.5. The molecule has 0 fully saturated rings. The first-order valence-electron chi connectivity index (χ1n) is 5.79. The topological polar surface area (TPSA) is 73.1 Å². The molecular formula is C13H15BrN4O. The van der Waals surface area contributed by atoms with Crippen molar-refractivity contribution in [1.82, 2.24) is 15.4 Å². The number of benzene rings is 1. The third-order valence-corrected chi connectivity index (χ3v) is 3.61. The lowest BCUT2D eigenvalue weighted by atomic mass is 10.0. The van der Waals surface area contributed by atoms with Gasteiger partial charge in [-0.15, -0.1) is 0 Å². The number of rotatable bonds is 5. The van der Waals surface area contributed by atoms with Gasteiger partial charge in [0.25, 0.3) is 0 Å². The van der Waals surface area contributed by atoms with E-state index in [4.69, 9.17) is 10.6 Å². The summed E-state index contributed by atoms with van der Waals surface area (Å²) in [5, 5.41) is 0. The molecule has 0 aliphatic carbocycles. The molecule has 1 aromatic heterocycles. The van der Waals surface area contributed by atoms with Crippen LogP contribution < -0.4 is 16.0 Å². The lowest BCUT2D eigenvalue weighted by Crippen LogP contribution is -2.30. The standard InChI is InChI=1S/C13H15BrN4O/c1-19-10-2-3-11(14)9(6-10)7-13(18-15)12-4-5-16-8-17-12/h2-6,8,13,18H,7,15H2,1H3. The number of nitrogens with one attached hydrogen (secondary N) is 1. The van der Waals surface area contributed by atoms with E-state index < -0.39 is 0 Å². The highest BCUT2D eigenvalue weighted by Gasteiger charge is 2.14. The van der Waals surface area contributed by atoms with E-state index in [1.165, 1.54) is 6.33 Å². The highest BCUT2D eigenvalue weighted by Crippen LogP contribution is 2.26. The van der Waals surface area contributed by atoms with Crippen molar-refractivity contribution in [3.63, 3.8) is 0 Å². The number of aromatic nitrogens is 2. The van der Waals surface area contributed by atoms with Gasteiger partial charge in [0, 0.05) is 10.7 Å². The average Bonchev–Trinajstić information content (AvgIpc) is 2.47. The summed E-state index contributed by atoms with van der Waals surface area (Å²) in [6.45, 7) is 0. The smallest absolute Gasteiger partial charge is 0.119 e. The fourth-order valence-corrected chi connectivity index (χ4v) is 2.22. The van der Waals surface area contributed by atoms with Crippen molar-refractivity contribution in [3.8, 4) is 5.75 Å². The van der Waals surface area contributed by atoms with Crippen molar-refractivity contribution in [3.05, 3.63) is 52.5 Å². The molecule has 1 heterocycles. The van der Waals surface area contributed by atoms with E-state index in [1.54, 1.807) is 13.3 Å². The zero-order valence-corrected chi connectivity index (χ0v) is 12.1. The summed E-state index contributed by atoms with van der Waals surface area (Å²) < 4.78 is 6.25. The Morgan fingerprint density at radius 2 is 2.26 bits per heavy atom. The SMILES string of the molecule is COc1ccc(Br)c(CC(NN)c2ccncn2)c1. The summed E-state index contributed by atoms with van der Waals surface area (Å²) in [4.78, 5) is 8.12. The van der Waals surface area contributed by atoms with Crippen molar-refractivity contribution < 1.29 is 4.74 Å². The van der Waals surface area contributed by atoms with E-state index in [-0.39, 0.29) is 6.04 Å². The zero-order chi connectivity index (χ0) is 13.7. The summed E-state index contributed by atoms with van der Waals surface area (Å²) in [6.07, 6.45) is 3.92. The Hall–Kier alpha value is -1.50. The van der Waals surface area contributed by atoms with Crippen molar-refractivity contribution in [2.75, 3.05) is 7.11 Å². The summed E-state index contributed by atoms with van der Waals surface area (Å²) in [7, 11) is 1.65. The molecule has 1 unspecified atom stereocenters. The van der Waals surface area contributed by atoms with Gasteiger partial charge >= 0.3 is 0 Å². The minimum atomic E-state index is -0.0774. The van der Waals surface area contributed by atoms with Gasteiger partial charge in [-0.05, 0) is 36.2 Å². The average molecular weight is 323 g/mol. The van der Waals surface area contributed by atoms with E-state index in [1.807, 2.05) is 24.3 Å². The first-order valence-corrected chi connectivity index (χ1v) is 6.58. The maximum atomic E-state index is 5.62. The van der Waals surface area contributed by atoms with Crippen LogP contribution in [0.25, 0.3) is 0 Å². The molecule has 100 valence electrons. The van der Waals surface area contributed by atoms with E-state index in [0.717, 1.165) is 21.5 Å². The lowest BCUT2D eigenvalue weighted by Gasteiger charge is -2.16. The molecule has 0 spiro atoms. The van der Waals surface area contributed by atoms with Crippen molar-refractivity contribution in [2.24, 2.45) is 5.84 Å². The van der Waals surface area contributed by atoms with Crippen LogP contribution in [-0.2, 0) is 6.42 Å². The molecule has 2 rings (SSSR count). The number of nitrogens with zero attached hydrogens (tertiary/aromatic N) is 2. The molecule has 5 nitrogen and oxygen atoms in total. The Bertz CT molecular complexity index is 535. The van der Waals surface area contributed by atoms with E-state index in [2.05, 4.69) is 31.3 Å². The molecular weight excluding hydrogens is 308 g/mol. The molecule has 3 N–H and O–H groups in total. The van der Waals surface area contributed by atoms with Crippen LogP contribution in [0, 0.1) is 0 Å². The number of ether oxygens (including phenoxy) is 1. The second-order valence-corrected chi connectivity index (χ2v) is 4.87. The van der Waals surface area contributed by atoms with Crippen LogP contribution in [-0.4, -0.2) is 17.1 Å². The molecule has 1 atom stereocenters. The van der Waals surface area contributed by atoms with Gasteiger partial charge in [0.05, 0.1) is 18.8 Å². The van der Waals surface area contributed by atoms with Gasteiger partial charge in [-0.25, -0.2) is 9.97 Å². The molecule has 19 heavy (non-hydrogen) atoms. The van der Waals surface area contributed by atoms with Crippen LogP contribution in [0.5, 0.6) is 5.75 Å². The van der Waals surface area contributed by atoms with Gasteiger partial charge in [0.1, 0.15) is 12.1 Å². The summed E-state index contributed by atoms with van der Waals surface area (Å²) >= 11 is 3.53. The van der Waals surface area contributed by atoms with Crippen molar-refractivity contribution in [1.29, 1.82) is 0 Å². The van der Waals surface area contributed by atoms with E-state index in [0.29, 0.717) is 6.42 Å². The Labute approximate surface area is 120 Å². The summed E-state index contributed by atoms with van der Waals surface area (Å²) in [6, 6.07) is 7.62. The van der Waals surface area contributed by atoms with E-state index >= 15 is 0 Å². The molecule has 1 aromatic carbocycles. The predicted octanol–water partition coefficient (Wildman–Crippen LogP) is 1.99. The summed E-state index contributed by atoms with van der Waals surface area (Å²) in [5.41, 5.74) is 4.73. The quantitative estimate of drug-likeness (QED) is 0.650. The molecule has 0 aliphatic heterocycles. The third-order valence-electron chi connectivity index (χ3n) is 2.84. The number of hydrogen-bond acceptors (Lipinski definition) is 5. The Kier molecular flexibility index (Phi) is 4.84. The molecule has 0 aliphatic rings. The second-order valence-electron chi connectivity index (χ2n) is 4.01. The van der Waals surface area contributed by atoms with Crippen LogP contribution in [0.3, 0.4) is 0 Å². The summed E-state index contributed by atoms with van der Waals surface area (Å²) in [5.74, 6) is 6.43. The van der Waals surface area contributed by atoms with Gasteiger partial charge < -0.3 is 4.74 Å². The van der Waals surface area contributed by atoms with Gasteiger partial charge in [0.15, 0.2) is 0 Å². The fraction of sp³-hybridized carbons (Fsp3) is 0.231. The Balaban J connectivity index is 2.23. The first-order chi connectivity index (χ1) is 9.24. The van der Waals surface area contributed by atoms with Crippen LogP contribution in [0.2, 0.25) is 0 Å². The lowest BCUT2D eigenvalue weighted by molar-refractivity contribution is 0.413. The van der Waals surface area contributed by atoms with Crippen LogP contribution in [0.4, 0.5) is 0 Å². The minimum Gasteiger partial charge on any atom is -0.497 e. The highest BCUT2D eigenvalue weighted by molar-refractivity contribution is 9.10. The molecule has 0 radical (unpaired) electrons. The van der Waals surface area contributed by atoms with Gasteiger partial charge in [-0.3, -0.25) is 11.3 Å². The van der Waals surface area contributed by atoms with Gasteiger partial charge in [-0.1, -0.05) is 15.9 Å². The molecule has 0 amide bonds.